The lowest BCUT2D eigenvalue weighted by Gasteiger charge is -2.25. The first-order valence-corrected chi connectivity index (χ1v) is 5.41. The molecule has 0 bridgehead atoms. The lowest BCUT2D eigenvalue weighted by atomic mass is 10.1. The zero-order chi connectivity index (χ0) is 14.0. The number of aromatic nitrogens is 2. The number of ether oxygens (including phenoxy) is 1. The van der Waals surface area contributed by atoms with Crippen molar-refractivity contribution in [1.29, 1.82) is 0 Å². The molecule has 2 rings (SSSR count). The molecule has 102 valence electrons. The van der Waals surface area contributed by atoms with Gasteiger partial charge in [0.15, 0.2) is 0 Å². The fraction of sp³-hybridized carbons (Fsp3) is 0.556. The molecule has 2 heterocycles. The average Bonchev–Trinajstić information content (AvgIpc) is 2.66. The molecule has 3 atom stereocenters. The number of hydrogen-bond acceptors (Lipinski definition) is 7. The SMILES string of the molecule is [N-]=[N+]=N[C@]1(n2ccc(N)nc2=O)C[C@H](O)[C@@H](CO)O1. The molecular weight excluding hydrogens is 256 g/mol. The Morgan fingerprint density at radius 1 is 1.79 bits per heavy atom. The first-order chi connectivity index (χ1) is 9.02. The second-order valence-electron chi connectivity index (χ2n) is 4.05. The van der Waals surface area contributed by atoms with Gasteiger partial charge in [-0.1, -0.05) is 0 Å². The van der Waals surface area contributed by atoms with E-state index in [1.807, 2.05) is 0 Å². The molecule has 10 heteroatoms. The lowest BCUT2D eigenvalue weighted by molar-refractivity contribution is -0.115. The highest BCUT2D eigenvalue weighted by atomic mass is 16.6. The topological polar surface area (TPSA) is 159 Å². The Labute approximate surface area is 106 Å². The first kappa shape index (κ1) is 13.3. The van der Waals surface area contributed by atoms with E-state index in [9.17, 15) is 9.90 Å². The van der Waals surface area contributed by atoms with Crippen molar-refractivity contribution in [3.8, 4) is 0 Å². The van der Waals surface area contributed by atoms with Gasteiger partial charge in [0.05, 0.1) is 12.7 Å². The normalized spacial score (nSPS) is 30.0. The summed E-state index contributed by atoms with van der Waals surface area (Å²) in [4.78, 5) is 17.9. The number of nitrogens with zero attached hydrogens (tertiary/aromatic N) is 5. The van der Waals surface area contributed by atoms with Gasteiger partial charge in [0.2, 0.25) is 5.85 Å². The maximum Gasteiger partial charge on any atom is 0.351 e. The molecule has 10 nitrogen and oxygen atoms in total. The van der Waals surface area contributed by atoms with Gasteiger partial charge in [-0.25, -0.2) is 4.79 Å². The van der Waals surface area contributed by atoms with Gasteiger partial charge in [-0.15, -0.1) is 0 Å². The lowest BCUT2D eigenvalue weighted by Crippen LogP contribution is -2.40. The summed E-state index contributed by atoms with van der Waals surface area (Å²) in [5.41, 5.74) is 13.2. The summed E-state index contributed by atoms with van der Waals surface area (Å²) in [5, 5.41) is 22.2. The number of anilines is 1. The number of nitrogen functional groups attached to an aromatic ring is 1. The number of rotatable bonds is 3. The van der Waals surface area contributed by atoms with E-state index >= 15 is 0 Å². The van der Waals surface area contributed by atoms with Crippen LogP contribution in [0.5, 0.6) is 0 Å². The van der Waals surface area contributed by atoms with E-state index < -0.39 is 30.4 Å². The quantitative estimate of drug-likeness (QED) is 0.358. The molecule has 1 saturated heterocycles. The van der Waals surface area contributed by atoms with Crippen molar-refractivity contribution in [3.63, 3.8) is 0 Å². The highest BCUT2D eigenvalue weighted by Crippen LogP contribution is 2.35. The number of azide groups is 1. The fourth-order valence-electron chi connectivity index (χ4n) is 1.95. The molecule has 19 heavy (non-hydrogen) atoms. The van der Waals surface area contributed by atoms with Gasteiger partial charge in [-0.05, 0) is 16.7 Å². The smallest absolute Gasteiger partial charge is 0.351 e. The Morgan fingerprint density at radius 2 is 2.53 bits per heavy atom. The maximum atomic E-state index is 11.8. The van der Waals surface area contributed by atoms with Crippen LogP contribution in [0.4, 0.5) is 5.82 Å². The standard InChI is InChI=1S/C9H12N6O4/c10-7-1-2-15(8(18)12-7)9(13-14-11)3-5(17)6(4-16)19-9/h1-2,5-6,16-17H,3-4H2,(H2,10,12,18)/t5-,6+,9-/m0/s1. The minimum absolute atomic E-state index is 0.00888. The maximum absolute atomic E-state index is 11.8. The van der Waals surface area contributed by atoms with Crippen LogP contribution in [0.2, 0.25) is 0 Å². The fourth-order valence-corrected chi connectivity index (χ4v) is 1.95. The third kappa shape index (κ3) is 2.25. The van der Waals surface area contributed by atoms with E-state index in [0.29, 0.717) is 0 Å². The van der Waals surface area contributed by atoms with Gasteiger partial charge in [-0.2, -0.15) is 4.98 Å². The van der Waals surface area contributed by atoms with Crippen LogP contribution in [0.3, 0.4) is 0 Å². The zero-order valence-corrected chi connectivity index (χ0v) is 9.75. The molecular formula is C9H12N6O4. The minimum atomic E-state index is -1.75. The van der Waals surface area contributed by atoms with E-state index in [1.54, 1.807) is 0 Å². The Balaban J connectivity index is 2.52. The van der Waals surface area contributed by atoms with Crippen molar-refractivity contribution in [1.82, 2.24) is 9.55 Å². The van der Waals surface area contributed by atoms with Crippen LogP contribution in [-0.2, 0) is 10.6 Å². The number of hydrogen-bond donors (Lipinski definition) is 3. The molecule has 0 unspecified atom stereocenters. The summed E-state index contributed by atoms with van der Waals surface area (Å²) in [6.45, 7) is -0.471. The summed E-state index contributed by atoms with van der Waals surface area (Å²) in [6.07, 6.45) is -0.936. The minimum Gasteiger partial charge on any atom is -0.394 e. The van der Waals surface area contributed by atoms with E-state index in [1.165, 1.54) is 12.3 Å². The van der Waals surface area contributed by atoms with Crippen LogP contribution >= 0.6 is 0 Å². The van der Waals surface area contributed by atoms with E-state index in [0.717, 1.165) is 4.57 Å². The van der Waals surface area contributed by atoms with Gasteiger partial charge < -0.3 is 20.7 Å². The third-order valence-corrected chi connectivity index (χ3v) is 2.83. The van der Waals surface area contributed by atoms with Crippen molar-refractivity contribution >= 4 is 5.82 Å². The Kier molecular flexibility index (Phi) is 3.40. The van der Waals surface area contributed by atoms with Gasteiger partial charge in [0.1, 0.15) is 11.9 Å². The van der Waals surface area contributed by atoms with Gasteiger partial charge in [-0.3, -0.25) is 4.57 Å². The van der Waals surface area contributed by atoms with Crippen molar-refractivity contribution in [2.24, 2.45) is 5.11 Å². The van der Waals surface area contributed by atoms with E-state index in [-0.39, 0.29) is 12.2 Å². The molecule has 0 aromatic carbocycles. The van der Waals surface area contributed by atoms with Crippen molar-refractivity contribution < 1.29 is 14.9 Å². The second kappa shape index (κ2) is 4.86. The van der Waals surface area contributed by atoms with Gasteiger partial charge in [0, 0.05) is 17.5 Å². The Morgan fingerprint density at radius 3 is 3.05 bits per heavy atom. The number of nitrogens with two attached hydrogens (primary N) is 1. The zero-order valence-electron chi connectivity index (χ0n) is 9.75. The number of aliphatic hydroxyl groups excluding tert-OH is 2. The highest BCUT2D eigenvalue weighted by Gasteiger charge is 2.47. The van der Waals surface area contributed by atoms with Crippen molar-refractivity contribution in [2.45, 2.75) is 24.5 Å². The van der Waals surface area contributed by atoms with Crippen LogP contribution in [0.15, 0.2) is 22.2 Å². The number of aliphatic hydroxyl groups is 2. The summed E-state index contributed by atoms with van der Waals surface area (Å²) < 4.78 is 6.25. The van der Waals surface area contributed by atoms with Crippen LogP contribution < -0.4 is 11.4 Å². The van der Waals surface area contributed by atoms with Crippen LogP contribution in [0.1, 0.15) is 6.42 Å². The molecule has 0 spiro atoms. The molecule has 4 N–H and O–H groups in total. The molecule has 1 aliphatic heterocycles. The molecule has 1 fully saturated rings. The van der Waals surface area contributed by atoms with Gasteiger partial charge in [0.25, 0.3) is 0 Å². The summed E-state index contributed by atoms with van der Waals surface area (Å²) >= 11 is 0. The molecule has 1 aromatic heterocycles. The second-order valence-corrected chi connectivity index (χ2v) is 4.05. The van der Waals surface area contributed by atoms with E-state index in [2.05, 4.69) is 15.0 Å². The molecule has 0 aliphatic carbocycles. The average molecular weight is 268 g/mol. The monoisotopic (exact) mass is 268 g/mol. The molecule has 0 saturated carbocycles. The first-order valence-electron chi connectivity index (χ1n) is 5.41. The van der Waals surface area contributed by atoms with Crippen molar-refractivity contribution in [3.05, 3.63) is 33.2 Å². The largest absolute Gasteiger partial charge is 0.394 e. The highest BCUT2D eigenvalue weighted by molar-refractivity contribution is 5.23. The summed E-state index contributed by atoms with van der Waals surface area (Å²) in [7, 11) is 0. The van der Waals surface area contributed by atoms with Crippen LogP contribution in [-0.4, -0.2) is 38.6 Å². The molecule has 0 radical (unpaired) electrons. The predicted molar refractivity (Wildman–Crippen MR) is 62.6 cm³/mol. The van der Waals surface area contributed by atoms with Gasteiger partial charge >= 0.3 is 5.69 Å². The third-order valence-electron chi connectivity index (χ3n) is 2.83. The molecule has 0 amide bonds. The van der Waals surface area contributed by atoms with Crippen LogP contribution in [0.25, 0.3) is 10.4 Å². The summed E-state index contributed by atoms with van der Waals surface area (Å²) in [6, 6.07) is 1.33. The Hall–Kier alpha value is -2.13. The Bertz CT molecular complexity index is 582. The van der Waals surface area contributed by atoms with Crippen LogP contribution in [0, 0.1) is 0 Å². The van der Waals surface area contributed by atoms with E-state index in [4.69, 9.17) is 21.1 Å². The van der Waals surface area contributed by atoms with Crippen molar-refractivity contribution in [2.75, 3.05) is 12.3 Å². The summed E-state index contributed by atoms with van der Waals surface area (Å²) in [5.74, 6) is -1.74. The molecule has 1 aromatic rings. The predicted octanol–water partition coefficient (Wildman–Crippen LogP) is -1.11. The molecule has 1 aliphatic rings.